The van der Waals surface area contributed by atoms with Crippen LogP contribution in [0.5, 0.6) is 0 Å². The molecular weight excluding hydrogens is 252 g/mol. The van der Waals surface area contributed by atoms with E-state index in [-0.39, 0.29) is 23.3 Å². The second-order valence-electron chi connectivity index (χ2n) is 7.31. The van der Waals surface area contributed by atoms with Crippen LogP contribution in [-0.2, 0) is 14.3 Å². The van der Waals surface area contributed by atoms with E-state index < -0.39 is 5.41 Å². The van der Waals surface area contributed by atoms with Gasteiger partial charge in [-0.05, 0) is 31.1 Å². The fraction of sp³-hybridized carbons (Fsp3) is 0.882. The first-order chi connectivity index (χ1) is 9.60. The number of hydrogen-bond donors (Lipinski definition) is 0. The van der Waals surface area contributed by atoms with Gasteiger partial charge in [0.2, 0.25) is 0 Å². The maximum Gasteiger partial charge on any atom is 0.321 e. The van der Waals surface area contributed by atoms with E-state index in [0.29, 0.717) is 0 Å². The Morgan fingerprint density at radius 3 is 2.20 bits per heavy atom. The molecule has 20 heavy (non-hydrogen) atoms. The van der Waals surface area contributed by atoms with E-state index in [4.69, 9.17) is 4.74 Å². The van der Waals surface area contributed by atoms with Gasteiger partial charge in [-0.1, -0.05) is 51.9 Å². The van der Waals surface area contributed by atoms with Gasteiger partial charge < -0.3 is 4.74 Å². The summed E-state index contributed by atoms with van der Waals surface area (Å²) in [4.78, 5) is 24.9. The molecule has 0 spiro atoms. The van der Waals surface area contributed by atoms with Gasteiger partial charge in [0.25, 0.3) is 0 Å². The zero-order chi connectivity index (χ0) is 14.2. The molecule has 1 heterocycles. The number of ether oxygens (including phenoxy) is 1. The van der Waals surface area contributed by atoms with Crippen molar-refractivity contribution in [2.75, 3.05) is 0 Å². The summed E-state index contributed by atoms with van der Waals surface area (Å²) >= 11 is 0. The Bertz CT molecular complexity index is 406. The van der Waals surface area contributed by atoms with Crippen LogP contribution in [0.25, 0.3) is 0 Å². The zero-order valence-electron chi connectivity index (χ0n) is 12.6. The molecule has 3 heteroatoms. The minimum Gasteiger partial charge on any atom is -0.392 e. The highest BCUT2D eigenvalue weighted by Gasteiger charge is 2.65. The summed E-state index contributed by atoms with van der Waals surface area (Å²) in [5, 5.41) is 0. The molecule has 0 aromatic rings. The molecule has 0 amide bonds. The second kappa shape index (κ2) is 5.16. The standard InChI is InChI=1S/C17H26O3/c1-16(10-6-2-3-7-11-16)17-12-8-4-5-9-13(17)14(18)20-15(17)19/h13H,2-12H2,1H3. The van der Waals surface area contributed by atoms with Crippen LogP contribution in [-0.4, -0.2) is 11.9 Å². The molecule has 1 aliphatic heterocycles. The lowest BCUT2D eigenvalue weighted by atomic mass is 9.54. The van der Waals surface area contributed by atoms with Gasteiger partial charge >= 0.3 is 11.9 Å². The monoisotopic (exact) mass is 278 g/mol. The molecule has 1 saturated heterocycles. The van der Waals surface area contributed by atoms with E-state index in [0.717, 1.165) is 44.9 Å². The highest BCUT2D eigenvalue weighted by molar-refractivity contribution is 5.99. The number of fused-ring (bicyclic) bond motifs is 1. The predicted octanol–water partition coefficient (Wildman–Crippen LogP) is 4.00. The zero-order valence-corrected chi connectivity index (χ0v) is 12.6. The van der Waals surface area contributed by atoms with E-state index in [1.54, 1.807) is 0 Å². The van der Waals surface area contributed by atoms with E-state index in [9.17, 15) is 9.59 Å². The quantitative estimate of drug-likeness (QED) is 0.414. The SMILES string of the molecule is CC1(C23CCCCCC2C(=O)OC3=O)CCCCCC1. The highest BCUT2D eigenvalue weighted by Crippen LogP contribution is 2.60. The molecule has 2 aliphatic carbocycles. The Kier molecular flexibility index (Phi) is 3.64. The minimum atomic E-state index is -0.509. The Balaban J connectivity index is 2.03. The summed E-state index contributed by atoms with van der Waals surface area (Å²) in [6.45, 7) is 2.26. The van der Waals surface area contributed by atoms with E-state index in [1.165, 1.54) is 25.7 Å². The van der Waals surface area contributed by atoms with Crippen molar-refractivity contribution in [3.8, 4) is 0 Å². The smallest absolute Gasteiger partial charge is 0.321 e. The third kappa shape index (κ3) is 1.93. The van der Waals surface area contributed by atoms with Gasteiger partial charge in [-0.3, -0.25) is 9.59 Å². The fourth-order valence-electron chi connectivity index (χ4n) is 5.09. The molecule has 2 atom stereocenters. The Hall–Kier alpha value is -0.860. The second-order valence-corrected chi connectivity index (χ2v) is 7.31. The number of carbonyl (C=O) groups excluding carboxylic acids is 2. The number of cyclic esters (lactones) is 2. The first-order valence-electron chi connectivity index (χ1n) is 8.36. The van der Waals surface area contributed by atoms with Crippen LogP contribution in [0.4, 0.5) is 0 Å². The molecule has 2 unspecified atom stereocenters. The van der Waals surface area contributed by atoms with Crippen molar-refractivity contribution in [3.05, 3.63) is 0 Å². The van der Waals surface area contributed by atoms with Crippen LogP contribution in [0, 0.1) is 16.7 Å². The van der Waals surface area contributed by atoms with Crippen LogP contribution in [0.1, 0.15) is 77.6 Å². The summed E-state index contributed by atoms with van der Waals surface area (Å²) in [6.07, 6.45) is 12.0. The topological polar surface area (TPSA) is 43.4 Å². The lowest BCUT2D eigenvalue weighted by Gasteiger charge is -2.45. The van der Waals surface area contributed by atoms with Crippen LogP contribution in [0.3, 0.4) is 0 Å². The minimum absolute atomic E-state index is 0.0399. The van der Waals surface area contributed by atoms with Gasteiger partial charge in [-0.15, -0.1) is 0 Å². The van der Waals surface area contributed by atoms with Crippen molar-refractivity contribution >= 4 is 11.9 Å². The first-order valence-corrected chi connectivity index (χ1v) is 8.36. The molecule has 112 valence electrons. The number of hydrogen-bond acceptors (Lipinski definition) is 3. The van der Waals surface area contributed by atoms with Crippen LogP contribution in [0.2, 0.25) is 0 Å². The molecule has 3 rings (SSSR count). The van der Waals surface area contributed by atoms with E-state index in [2.05, 4.69) is 6.92 Å². The van der Waals surface area contributed by atoms with Crippen LogP contribution < -0.4 is 0 Å². The molecule has 0 bridgehead atoms. The Morgan fingerprint density at radius 1 is 0.900 bits per heavy atom. The number of rotatable bonds is 1. The predicted molar refractivity (Wildman–Crippen MR) is 75.9 cm³/mol. The normalized spacial score (nSPS) is 37.8. The van der Waals surface area contributed by atoms with Crippen molar-refractivity contribution in [2.24, 2.45) is 16.7 Å². The molecule has 3 nitrogen and oxygen atoms in total. The van der Waals surface area contributed by atoms with Gasteiger partial charge in [0.1, 0.15) is 0 Å². The average molecular weight is 278 g/mol. The molecule has 0 aromatic carbocycles. The Labute approximate surface area is 121 Å². The summed E-state index contributed by atoms with van der Waals surface area (Å²) in [5.74, 6) is -0.596. The lowest BCUT2D eigenvalue weighted by Crippen LogP contribution is -2.48. The van der Waals surface area contributed by atoms with Gasteiger partial charge in [0.15, 0.2) is 0 Å². The molecule has 3 aliphatic rings. The maximum atomic E-state index is 12.7. The van der Waals surface area contributed by atoms with Crippen molar-refractivity contribution < 1.29 is 14.3 Å². The maximum absolute atomic E-state index is 12.7. The van der Waals surface area contributed by atoms with Gasteiger partial charge in [0.05, 0.1) is 11.3 Å². The van der Waals surface area contributed by atoms with Gasteiger partial charge in [-0.25, -0.2) is 0 Å². The lowest BCUT2D eigenvalue weighted by molar-refractivity contribution is -0.159. The fourth-order valence-corrected chi connectivity index (χ4v) is 5.09. The summed E-state index contributed by atoms with van der Waals surface area (Å²) in [6, 6.07) is 0. The molecular formula is C17H26O3. The molecule has 0 radical (unpaired) electrons. The largest absolute Gasteiger partial charge is 0.392 e. The van der Waals surface area contributed by atoms with E-state index >= 15 is 0 Å². The Morgan fingerprint density at radius 2 is 1.50 bits per heavy atom. The summed E-state index contributed by atoms with van der Waals surface area (Å²) < 4.78 is 5.15. The van der Waals surface area contributed by atoms with Crippen LogP contribution >= 0.6 is 0 Å². The van der Waals surface area contributed by atoms with Crippen LogP contribution in [0.15, 0.2) is 0 Å². The molecule has 0 aromatic heterocycles. The highest BCUT2D eigenvalue weighted by atomic mass is 16.6. The van der Waals surface area contributed by atoms with Crippen molar-refractivity contribution in [1.82, 2.24) is 0 Å². The average Bonchev–Trinajstić information content (AvgIpc) is 2.66. The number of carbonyl (C=O) groups is 2. The van der Waals surface area contributed by atoms with Gasteiger partial charge in [-0.2, -0.15) is 0 Å². The third-order valence-electron chi connectivity index (χ3n) is 6.28. The molecule has 2 saturated carbocycles. The molecule has 0 N–H and O–H groups in total. The van der Waals surface area contributed by atoms with Gasteiger partial charge in [0, 0.05) is 0 Å². The van der Waals surface area contributed by atoms with E-state index in [1.807, 2.05) is 0 Å². The number of esters is 2. The van der Waals surface area contributed by atoms with Crippen molar-refractivity contribution in [2.45, 2.75) is 77.6 Å². The first kappa shape index (κ1) is 14.1. The summed E-state index contributed by atoms with van der Waals surface area (Å²) in [5.41, 5.74) is -0.549. The summed E-state index contributed by atoms with van der Waals surface area (Å²) in [7, 11) is 0. The van der Waals surface area contributed by atoms with Crippen molar-refractivity contribution in [3.63, 3.8) is 0 Å². The third-order valence-corrected chi connectivity index (χ3v) is 6.28. The molecule has 3 fully saturated rings. The van der Waals surface area contributed by atoms with Crippen molar-refractivity contribution in [1.29, 1.82) is 0 Å².